The molecule has 1 atom stereocenters. The van der Waals surface area contributed by atoms with Gasteiger partial charge in [0, 0.05) is 13.8 Å². The van der Waals surface area contributed by atoms with Crippen LogP contribution >= 0.6 is 59.1 Å². The van der Waals surface area contributed by atoms with Crippen molar-refractivity contribution in [2.24, 2.45) is 0 Å². The summed E-state index contributed by atoms with van der Waals surface area (Å²) in [5.74, 6) is -0.226. The van der Waals surface area contributed by atoms with Crippen LogP contribution in [0.4, 0.5) is 4.39 Å². The van der Waals surface area contributed by atoms with Crippen LogP contribution in [0.2, 0.25) is 0 Å². The number of hydrogen-bond donors (Lipinski definition) is 1. The van der Waals surface area contributed by atoms with Crippen LogP contribution < -0.4 is 5.32 Å². The highest BCUT2D eigenvalue weighted by molar-refractivity contribution is 9.13. The van der Waals surface area contributed by atoms with Crippen molar-refractivity contribution in [3.05, 3.63) is 53.3 Å². The average molecular weight is 472 g/mol. The van der Waals surface area contributed by atoms with Gasteiger partial charge in [0.25, 0.3) is 0 Å². The molecule has 1 heterocycles. The molecule has 0 saturated heterocycles. The van der Waals surface area contributed by atoms with Gasteiger partial charge in [-0.1, -0.05) is 22.9 Å². The molecular weight excluding hydrogens is 461 g/mol. The molecule has 102 valence electrons. The molecule has 19 heavy (non-hydrogen) atoms. The molecule has 1 N–H and O–H groups in total. The molecule has 6 heteroatoms. The van der Waals surface area contributed by atoms with E-state index in [1.807, 2.05) is 6.92 Å². The lowest BCUT2D eigenvalue weighted by atomic mass is 10.1. The summed E-state index contributed by atoms with van der Waals surface area (Å²) < 4.78 is 16.4. The van der Waals surface area contributed by atoms with Crippen molar-refractivity contribution < 1.29 is 4.39 Å². The van der Waals surface area contributed by atoms with Gasteiger partial charge >= 0.3 is 0 Å². The predicted octanol–water partition coefficient (Wildman–Crippen LogP) is 5.87. The first-order valence-corrected chi connectivity index (χ1v) is 8.85. The van der Waals surface area contributed by atoms with Gasteiger partial charge in [-0.25, -0.2) is 4.39 Å². The monoisotopic (exact) mass is 469 g/mol. The third kappa shape index (κ3) is 3.67. The molecule has 1 aromatic heterocycles. The second-order valence-corrected chi connectivity index (χ2v) is 8.04. The zero-order chi connectivity index (χ0) is 14.0. The second-order valence-electron chi connectivity index (χ2n) is 3.93. The topological polar surface area (TPSA) is 12.0 Å². The first-order valence-electron chi connectivity index (χ1n) is 5.66. The lowest BCUT2D eigenvalue weighted by molar-refractivity contribution is 0.605. The molecule has 2 aromatic rings. The normalized spacial score (nSPS) is 12.7. The molecule has 0 saturated carbocycles. The van der Waals surface area contributed by atoms with Crippen LogP contribution in [0.15, 0.2) is 37.0 Å². The average Bonchev–Trinajstić information content (AvgIpc) is 2.70. The predicted molar refractivity (Wildman–Crippen MR) is 89.3 cm³/mol. The fraction of sp³-hybridized carbons (Fsp3) is 0.231. The second kappa shape index (κ2) is 6.80. The molecule has 0 radical (unpaired) electrons. The Morgan fingerprint density at radius 3 is 2.53 bits per heavy atom. The highest BCUT2D eigenvalue weighted by Crippen LogP contribution is 2.39. The van der Waals surface area contributed by atoms with Gasteiger partial charge in [0.2, 0.25) is 0 Å². The summed E-state index contributed by atoms with van der Waals surface area (Å²) in [5, 5.41) is 3.40. The fourth-order valence-electron chi connectivity index (χ4n) is 1.81. The van der Waals surface area contributed by atoms with E-state index in [2.05, 4.69) is 59.2 Å². The summed E-state index contributed by atoms with van der Waals surface area (Å²) in [6, 6.07) is 6.80. The number of benzene rings is 1. The van der Waals surface area contributed by atoms with Gasteiger partial charge in [-0.05, 0) is 68.2 Å². The molecular formula is C13H11Br3FNS. The van der Waals surface area contributed by atoms with Crippen LogP contribution in [0.5, 0.6) is 0 Å². The Balaban J connectivity index is 2.47. The number of nitrogens with one attached hydrogen (secondary N) is 1. The van der Waals surface area contributed by atoms with E-state index in [1.54, 1.807) is 23.5 Å². The Morgan fingerprint density at radius 2 is 1.95 bits per heavy atom. The van der Waals surface area contributed by atoms with Crippen molar-refractivity contribution in [1.82, 2.24) is 5.32 Å². The maximum atomic E-state index is 13.5. The Labute approximate surface area is 141 Å². The molecule has 2 rings (SSSR count). The maximum absolute atomic E-state index is 13.5. The lowest BCUT2D eigenvalue weighted by Gasteiger charge is -2.18. The van der Waals surface area contributed by atoms with Gasteiger partial charge in [-0.15, -0.1) is 11.3 Å². The van der Waals surface area contributed by atoms with Gasteiger partial charge in [0.15, 0.2) is 0 Å². The molecule has 1 aromatic carbocycles. The standard InChI is InChI=1S/C13H11Br3FNS/c1-2-18-12(11-6-10(15)13(16)19-11)8-5-7(17)3-4-9(8)14/h3-6,12,18H,2H2,1H3. The van der Waals surface area contributed by atoms with Crippen LogP contribution in [0, 0.1) is 5.82 Å². The minimum Gasteiger partial charge on any atom is -0.306 e. The number of rotatable bonds is 4. The summed E-state index contributed by atoms with van der Waals surface area (Å²) in [6.07, 6.45) is 0. The van der Waals surface area contributed by atoms with E-state index in [9.17, 15) is 4.39 Å². The third-order valence-corrected chi connectivity index (χ3v) is 6.67. The molecule has 0 fully saturated rings. The minimum atomic E-state index is -0.226. The smallest absolute Gasteiger partial charge is 0.123 e. The molecule has 0 aliphatic rings. The maximum Gasteiger partial charge on any atom is 0.123 e. The van der Waals surface area contributed by atoms with Gasteiger partial charge in [0.05, 0.1) is 9.83 Å². The molecule has 0 bridgehead atoms. The molecule has 1 nitrogen and oxygen atoms in total. The largest absolute Gasteiger partial charge is 0.306 e. The van der Waals surface area contributed by atoms with E-state index in [0.717, 1.165) is 29.7 Å². The van der Waals surface area contributed by atoms with Crippen molar-refractivity contribution >= 4 is 59.1 Å². The van der Waals surface area contributed by atoms with Crippen LogP contribution in [-0.4, -0.2) is 6.54 Å². The highest BCUT2D eigenvalue weighted by Gasteiger charge is 2.19. The van der Waals surface area contributed by atoms with E-state index in [4.69, 9.17) is 0 Å². The van der Waals surface area contributed by atoms with E-state index in [1.165, 1.54) is 6.07 Å². The van der Waals surface area contributed by atoms with Gasteiger partial charge < -0.3 is 5.32 Å². The number of halogens is 4. The van der Waals surface area contributed by atoms with Crippen molar-refractivity contribution in [3.63, 3.8) is 0 Å². The van der Waals surface area contributed by atoms with E-state index < -0.39 is 0 Å². The Kier molecular flexibility index (Phi) is 5.60. The van der Waals surface area contributed by atoms with E-state index in [0.29, 0.717) is 0 Å². The summed E-state index contributed by atoms with van der Waals surface area (Å²) >= 11 is 12.1. The molecule has 0 aliphatic heterocycles. The van der Waals surface area contributed by atoms with Crippen LogP contribution in [0.3, 0.4) is 0 Å². The Bertz CT molecular complexity index is 566. The molecule has 0 amide bonds. The SMILES string of the molecule is CCNC(c1cc(Br)c(Br)s1)c1cc(F)ccc1Br. The molecule has 0 aliphatic carbocycles. The van der Waals surface area contributed by atoms with Gasteiger partial charge in [-0.3, -0.25) is 0 Å². The summed E-state index contributed by atoms with van der Waals surface area (Å²) in [5.41, 5.74) is 0.906. The van der Waals surface area contributed by atoms with Crippen molar-refractivity contribution in [2.75, 3.05) is 6.54 Å². The molecule has 1 unspecified atom stereocenters. The first-order chi connectivity index (χ1) is 9.02. The highest BCUT2D eigenvalue weighted by atomic mass is 79.9. The zero-order valence-electron chi connectivity index (χ0n) is 10.0. The first kappa shape index (κ1) is 15.6. The van der Waals surface area contributed by atoms with E-state index in [-0.39, 0.29) is 11.9 Å². The minimum absolute atomic E-state index is 0.0253. The zero-order valence-corrected chi connectivity index (χ0v) is 15.6. The van der Waals surface area contributed by atoms with Crippen LogP contribution in [0.1, 0.15) is 23.4 Å². The van der Waals surface area contributed by atoms with Gasteiger partial charge in [-0.2, -0.15) is 0 Å². The van der Waals surface area contributed by atoms with E-state index >= 15 is 0 Å². The van der Waals surface area contributed by atoms with Crippen LogP contribution in [0.25, 0.3) is 0 Å². The van der Waals surface area contributed by atoms with Crippen molar-refractivity contribution in [1.29, 1.82) is 0 Å². The lowest BCUT2D eigenvalue weighted by Crippen LogP contribution is -2.21. The number of thiophene rings is 1. The van der Waals surface area contributed by atoms with Crippen LogP contribution in [-0.2, 0) is 0 Å². The van der Waals surface area contributed by atoms with Gasteiger partial charge in [0.1, 0.15) is 5.82 Å². The molecule has 0 spiro atoms. The number of hydrogen-bond acceptors (Lipinski definition) is 2. The fourth-order valence-corrected chi connectivity index (χ4v) is 4.47. The van der Waals surface area contributed by atoms with Crippen molar-refractivity contribution in [3.8, 4) is 0 Å². The summed E-state index contributed by atoms with van der Waals surface area (Å²) in [4.78, 5) is 1.13. The quantitative estimate of drug-likeness (QED) is 0.587. The third-order valence-electron chi connectivity index (χ3n) is 2.63. The summed E-state index contributed by atoms with van der Waals surface area (Å²) in [7, 11) is 0. The Morgan fingerprint density at radius 1 is 1.21 bits per heavy atom. The Hall–Kier alpha value is 0.250. The summed E-state index contributed by atoms with van der Waals surface area (Å²) in [6.45, 7) is 2.85. The van der Waals surface area contributed by atoms with Crippen molar-refractivity contribution in [2.45, 2.75) is 13.0 Å².